The van der Waals surface area contributed by atoms with Crippen molar-refractivity contribution in [3.05, 3.63) is 87.7 Å². The first kappa shape index (κ1) is 25.2. The zero-order valence-electron chi connectivity index (χ0n) is 22.6. The number of nitrogens with zero attached hydrogens (tertiary/aromatic N) is 4. The summed E-state index contributed by atoms with van der Waals surface area (Å²) in [6.07, 6.45) is 2.20. The molecule has 5 rings (SSSR count). The lowest BCUT2D eigenvalue weighted by Crippen LogP contribution is -2.38. The molecule has 1 N–H and O–H groups in total. The number of hydrogen-bond donors (Lipinski definition) is 1. The molecule has 6 heteroatoms. The molecule has 1 fully saturated rings. The van der Waals surface area contributed by atoms with Crippen molar-refractivity contribution in [3.63, 3.8) is 0 Å². The number of rotatable bonds is 6. The molecular formula is C31H37N5O. The highest BCUT2D eigenvalue weighted by Crippen LogP contribution is 2.26. The molecule has 0 radical (unpaired) electrons. The van der Waals surface area contributed by atoms with E-state index >= 15 is 0 Å². The van der Waals surface area contributed by atoms with Gasteiger partial charge in [-0.2, -0.15) is 5.10 Å². The van der Waals surface area contributed by atoms with Crippen LogP contribution in [0.1, 0.15) is 56.8 Å². The molecule has 192 valence electrons. The van der Waals surface area contributed by atoms with Crippen LogP contribution < -0.4 is 5.32 Å². The second-order valence-corrected chi connectivity index (χ2v) is 10.7. The predicted molar refractivity (Wildman–Crippen MR) is 149 cm³/mol. The summed E-state index contributed by atoms with van der Waals surface area (Å²) in [6.45, 7) is 14.1. The highest BCUT2D eigenvalue weighted by atomic mass is 16.1. The van der Waals surface area contributed by atoms with Gasteiger partial charge in [0.15, 0.2) is 5.65 Å². The van der Waals surface area contributed by atoms with Crippen LogP contribution in [0.3, 0.4) is 0 Å². The number of likely N-dealkylation sites (tertiary alicyclic amines) is 1. The number of benzene rings is 2. The number of hydrogen-bond acceptors (Lipinski definition) is 4. The van der Waals surface area contributed by atoms with Gasteiger partial charge in [-0.25, -0.2) is 9.67 Å². The molecule has 1 saturated heterocycles. The molecule has 0 bridgehead atoms. The Hall–Kier alpha value is -3.51. The minimum atomic E-state index is -0.0418. The molecule has 1 aliphatic heterocycles. The van der Waals surface area contributed by atoms with Crippen LogP contribution >= 0.6 is 0 Å². The maximum atomic E-state index is 13.4. The van der Waals surface area contributed by atoms with Crippen LogP contribution in [0, 0.1) is 40.5 Å². The monoisotopic (exact) mass is 495 g/mol. The summed E-state index contributed by atoms with van der Waals surface area (Å²) in [5, 5.41) is 8.80. The van der Waals surface area contributed by atoms with Crippen molar-refractivity contribution >= 4 is 16.9 Å². The Labute approximate surface area is 219 Å². The molecule has 0 unspecified atom stereocenters. The maximum Gasteiger partial charge on any atom is 0.252 e. The van der Waals surface area contributed by atoms with Crippen LogP contribution in [0.25, 0.3) is 16.7 Å². The number of carbonyl (C=O) groups excluding carboxylic acids is 1. The third-order valence-electron chi connectivity index (χ3n) is 7.62. The Balaban J connectivity index is 1.25. The number of nitrogens with one attached hydrogen (secondary N) is 1. The molecule has 2 aromatic heterocycles. The van der Waals surface area contributed by atoms with Gasteiger partial charge in [0.25, 0.3) is 5.91 Å². The van der Waals surface area contributed by atoms with Gasteiger partial charge in [0.05, 0.1) is 22.3 Å². The number of aromatic nitrogens is 3. The summed E-state index contributed by atoms with van der Waals surface area (Å²) in [5.74, 6) is 0.452. The first-order valence-electron chi connectivity index (χ1n) is 13.3. The summed E-state index contributed by atoms with van der Waals surface area (Å²) in [4.78, 5) is 20.7. The van der Waals surface area contributed by atoms with Gasteiger partial charge in [-0.15, -0.1) is 0 Å². The third-order valence-corrected chi connectivity index (χ3v) is 7.62. The van der Waals surface area contributed by atoms with Gasteiger partial charge in [0, 0.05) is 18.8 Å². The molecule has 2 aromatic carbocycles. The number of fused-ring (bicyclic) bond motifs is 1. The van der Waals surface area contributed by atoms with Crippen molar-refractivity contribution in [2.45, 2.75) is 54.0 Å². The van der Waals surface area contributed by atoms with Crippen LogP contribution in [-0.4, -0.2) is 45.2 Å². The first-order valence-corrected chi connectivity index (χ1v) is 13.3. The number of pyridine rings is 1. The van der Waals surface area contributed by atoms with Crippen LogP contribution in [0.2, 0.25) is 0 Å². The number of amides is 1. The minimum Gasteiger partial charge on any atom is -0.352 e. The number of aryl methyl sites for hydroxylation is 5. The fourth-order valence-corrected chi connectivity index (χ4v) is 5.35. The lowest BCUT2D eigenvalue weighted by molar-refractivity contribution is 0.0936. The van der Waals surface area contributed by atoms with Crippen molar-refractivity contribution in [2.24, 2.45) is 5.92 Å². The molecule has 0 atom stereocenters. The van der Waals surface area contributed by atoms with E-state index in [1.807, 2.05) is 36.7 Å². The van der Waals surface area contributed by atoms with Crippen molar-refractivity contribution < 1.29 is 4.79 Å². The van der Waals surface area contributed by atoms with Gasteiger partial charge in [-0.05, 0) is 95.8 Å². The van der Waals surface area contributed by atoms with Crippen LogP contribution in [0.4, 0.5) is 0 Å². The van der Waals surface area contributed by atoms with Gasteiger partial charge >= 0.3 is 0 Å². The van der Waals surface area contributed by atoms with E-state index in [1.165, 1.54) is 22.3 Å². The summed E-state index contributed by atoms with van der Waals surface area (Å²) < 4.78 is 1.85. The fraction of sp³-hybridized carbons (Fsp3) is 0.387. The lowest BCUT2D eigenvalue weighted by Gasteiger charge is -2.32. The van der Waals surface area contributed by atoms with Crippen molar-refractivity contribution in [1.29, 1.82) is 0 Å². The van der Waals surface area contributed by atoms with E-state index in [0.29, 0.717) is 18.0 Å². The van der Waals surface area contributed by atoms with Crippen molar-refractivity contribution in [2.75, 3.05) is 19.6 Å². The summed E-state index contributed by atoms with van der Waals surface area (Å²) in [5.41, 5.74) is 9.25. The Morgan fingerprint density at radius 3 is 2.38 bits per heavy atom. The standard InChI is InChI=1S/C31H37N5O/c1-20-7-10-27(11-8-20)36-30-29(24(5)34-36)28(17-23(4)33-30)31(37)32-18-25-12-14-35(15-13-25)19-26-16-21(2)6-9-22(26)3/h6-11,16-17,25H,12-15,18-19H2,1-5H3,(H,32,37). The van der Waals surface area contributed by atoms with E-state index < -0.39 is 0 Å². The molecule has 0 aliphatic carbocycles. The zero-order chi connectivity index (χ0) is 26.1. The van der Waals surface area contributed by atoms with Gasteiger partial charge in [0.2, 0.25) is 0 Å². The molecule has 1 amide bonds. The quantitative estimate of drug-likeness (QED) is 0.378. The maximum absolute atomic E-state index is 13.4. The highest BCUT2D eigenvalue weighted by Gasteiger charge is 2.23. The summed E-state index contributed by atoms with van der Waals surface area (Å²) >= 11 is 0. The number of carbonyl (C=O) groups is 1. The van der Waals surface area contributed by atoms with Crippen molar-refractivity contribution in [3.8, 4) is 5.69 Å². The summed E-state index contributed by atoms with van der Waals surface area (Å²) in [6, 6.07) is 16.8. The molecule has 3 heterocycles. The molecule has 4 aromatic rings. The first-order chi connectivity index (χ1) is 17.8. The van der Waals surface area contributed by atoms with E-state index in [-0.39, 0.29) is 5.91 Å². The smallest absolute Gasteiger partial charge is 0.252 e. The van der Waals surface area contributed by atoms with Crippen molar-refractivity contribution in [1.82, 2.24) is 25.0 Å². The molecule has 1 aliphatic rings. The highest BCUT2D eigenvalue weighted by molar-refractivity contribution is 6.06. The SMILES string of the molecule is Cc1ccc(-n2nc(C)c3c(C(=O)NCC4CCN(Cc5cc(C)ccc5C)CC4)cc(C)nc32)cc1. The Morgan fingerprint density at radius 1 is 0.946 bits per heavy atom. The van der Waals surface area contributed by atoms with Crippen LogP contribution in [-0.2, 0) is 6.54 Å². The molecule has 0 spiro atoms. The third kappa shape index (κ3) is 5.44. The van der Waals surface area contributed by atoms with Gasteiger partial charge in [0.1, 0.15) is 0 Å². The average Bonchev–Trinajstić information content (AvgIpc) is 3.21. The van der Waals surface area contributed by atoms with Gasteiger partial charge in [-0.3, -0.25) is 9.69 Å². The van der Waals surface area contributed by atoms with Gasteiger partial charge < -0.3 is 5.32 Å². The zero-order valence-corrected chi connectivity index (χ0v) is 22.6. The molecule has 6 nitrogen and oxygen atoms in total. The minimum absolute atomic E-state index is 0.0418. The normalized spacial score (nSPS) is 14.8. The Bertz CT molecular complexity index is 1430. The Kier molecular flexibility index (Phi) is 7.11. The summed E-state index contributed by atoms with van der Waals surface area (Å²) in [7, 11) is 0. The molecule has 37 heavy (non-hydrogen) atoms. The van der Waals surface area contributed by atoms with E-state index in [0.717, 1.165) is 60.6 Å². The second kappa shape index (κ2) is 10.5. The van der Waals surface area contributed by atoms with Gasteiger partial charge in [-0.1, -0.05) is 41.5 Å². The Morgan fingerprint density at radius 2 is 1.65 bits per heavy atom. The fourth-order valence-electron chi connectivity index (χ4n) is 5.35. The van der Waals surface area contributed by atoms with Crippen LogP contribution in [0.5, 0.6) is 0 Å². The lowest BCUT2D eigenvalue weighted by atomic mass is 9.95. The molecule has 0 saturated carbocycles. The van der Waals surface area contributed by atoms with E-state index in [2.05, 4.69) is 61.3 Å². The predicted octanol–water partition coefficient (Wildman–Crippen LogP) is 5.60. The largest absolute Gasteiger partial charge is 0.352 e. The second-order valence-electron chi connectivity index (χ2n) is 10.7. The van der Waals surface area contributed by atoms with Crippen LogP contribution in [0.15, 0.2) is 48.5 Å². The molecular weight excluding hydrogens is 458 g/mol. The topological polar surface area (TPSA) is 63.1 Å². The van der Waals surface area contributed by atoms with E-state index in [9.17, 15) is 4.79 Å². The van der Waals surface area contributed by atoms with E-state index in [4.69, 9.17) is 10.1 Å². The van der Waals surface area contributed by atoms with E-state index in [1.54, 1.807) is 0 Å². The number of piperidine rings is 1. The average molecular weight is 496 g/mol.